The van der Waals surface area contributed by atoms with Crippen molar-refractivity contribution in [1.82, 2.24) is 0 Å². The fourth-order valence-corrected chi connectivity index (χ4v) is 2.80. The molecule has 0 nitrogen and oxygen atoms in total. The zero-order valence-electron chi connectivity index (χ0n) is 14.5. The van der Waals surface area contributed by atoms with E-state index in [0.29, 0.717) is 0 Å². The lowest BCUT2D eigenvalue weighted by molar-refractivity contribution is 0.919. The summed E-state index contributed by atoms with van der Waals surface area (Å²) in [5, 5.41) is 0. The summed E-state index contributed by atoms with van der Waals surface area (Å²) in [4.78, 5) is 0. The van der Waals surface area contributed by atoms with Gasteiger partial charge in [0.25, 0.3) is 0 Å². The molecule has 0 spiro atoms. The molecule has 0 heteroatoms. The number of rotatable bonds is 6. The van der Waals surface area contributed by atoms with Crippen LogP contribution in [-0.4, -0.2) is 0 Å². The Kier molecular flexibility index (Phi) is 6.17. The molecule has 0 saturated heterocycles. The Morgan fingerprint density at radius 3 is 2.35 bits per heavy atom. The third kappa shape index (κ3) is 4.32. The quantitative estimate of drug-likeness (QED) is 0.517. The third-order valence-corrected chi connectivity index (χ3v) is 3.97. The van der Waals surface area contributed by atoms with Gasteiger partial charge in [-0.25, -0.2) is 0 Å². The number of benzene rings is 2. The highest BCUT2D eigenvalue weighted by Gasteiger charge is 2.08. The summed E-state index contributed by atoms with van der Waals surface area (Å²) in [6, 6.07) is 15.5. The molecule has 0 aliphatic heterocycles. The molecule has 0 heterocycles. The molecule has 0 aliphatic rings. The topological polar surface area (TPSA) is 0 Å². The van der Waals surface area contributed by atoms with Gasteiger partial charge in [-0.3, -0.25) is 0 Å². The molecule has 0 fully saturated rings. The number of hydrogen-bond acceptors (Lipinski definition) is 0. The molecule has 0 N–H and O–H groups in total. The molecule has 0 aliphatic carbocycles. The van der Waals surface area contributed by atoms with Crippen molar-refractivity contribution in [3.63, 3.8) is 0 Å². The molecule has 0 bridgehead atoms. The van der Waals surface area contributed by atoms with E-state index in [2.05, 4.69) is 88.0 Å². The Balaban J connectivity index is 2.56. The Bertz CT molecular complexity index is 712. The summed E-state index contributed by atoms with van der Waals surface area (Å²) in [6.45, 7) is 10.3. The van der Waals surface area contributed by atoms with Crippen molar-refractivity contribution in [3.05, 3.63) is 90.0 Å². The van der Waals surface area contributed by atoms with Crippen LogP contribution < -0.4 is 0 Å². The molecule has 0 atom stereocenters. The highest BCUT2D eigenvalue weighted by atomic mass is 14.1. The minimum absolute atomic E-state index is 1.09. The SMILES string of the molecule is C=C/C=C(\C=C/C)c1cc(-c2ccc(C)cc2)ccc1CCC. The Hall–Kier alpha value is -2.34. The largest absolute Gasteiger partial charge is 0.0990 e. The zero-order chi connectivity index (χ0) is 16.7. The van der Waals surface area contributed by atoms with Crippen molar-refractivity contribution in [2.75, 3.05) is 0 Å². The maximum Gasteiger partial charge on any atom is -0.0146 e. The van der Waals surface area contributed by atoms with E-state index < -0.39 is 0 Å². The van der Waals surface area contributed by atoms with Crippen LogP contribution in [-0.2, 0) is 6.42 Å². The van der Waals surface area contributed by atoms with Gasteiger partial charge in [0.15, 0.2) is 0 Å². The van der Waals surface area contributed by atoms with Crippen molar-refractivity contribution in [2.45, 2.75) is 33.6 Å². The van der Waals surface area contributed by atoms with Crippen molar-refractivity contribution >= 4 is 5.57 Å². The highest BCUT2D eigenvalue weighted by molar-refractivity contribution is 5.80. The minimum atomic E-state index is 1.09. The van der Waals surface area contributed by atoms with Crippen LogP contribution in [0.4, 0.5) is 0 Å². The van der Waals surface area contributed by atoms with E-state index in [-0.39, 0.29) is 0 Å². The van der Waals surface area contributed by atoms with Gasteiger partial charge in [0.1, 0.15) is 0 Å². The van der Waals surface area contributed by atoms with E-state index in [9.17, 15) is 0 Å². The predicted molar refractivity (Wildman–Crippen MR) is 104 cm³/mol. The molecule has 2 aromatic carbocycles. The summed E-state index contributed by atoms with van der Waals surface area (Å²) in [7, 11) is 0. The van der Waals surface area contributed by atoms with Crippen molar-refractivity contribution in [3.8, 4) is 11.1 Å². The summed E-state index contributed by atoms with van der Waals surface area (Å²) >= 11 is 0. The molecule has 0 radical (unpaired) electrons. The van der Waals surface area contributed by atoms with Gasteiger partial charge >= 0.3 is 0 Å². The van der Waals surface area contributed by atoms with E-state index in [1.807, 2.05) is 6.08 Å². The van der Waals surface area contributed by atoms with Crippen molar-refractivity contribution < 1.29 is 0 Å². The zero-order valence-corrected chi connectivity index (χ0v) is 14.5. The minimum Gasteiger partial charge on any atom is -0.0990 e. The summed E-state index contributed by atoms with van der Waals surface area (Å²) in [5.41, 5.74) is 7.74. The Morgan fingerprint density at radius 2 is 1.74 bits per heavy atom. The average molecular weight is 302 g/mol. The molecule has 0 amide bonds. The van der Waals surface area contributed by atoms with Gasteiger partial charge in [-0.15, -0.1) is 0 Å². The van der Waals surface area contributed by atoms with Crippen LogP contribution in [0.1, 0.15) is 37.0 Å². The first kappa shape index (κ1) is 17.0. The van der Waals surface area contributed by atoms with Gasteiger partial charge in [0.2, 0.25) is 0 Å². The van der Waals surface area contributed by atoms with Crippen LogP contribution >= 0.6 is 0 Å². The first-order valence-corrected chi connectivity index (χ1v) is 8.35. The second-order valence-electron chi connectivity index (χ2n) is 5.85. The normalized spacial score (nSPS) is 11.9. The second-order valence-corrected chi connectivity index (χ2v) is 5.85. The van der Waals surface area contributed by atoms with E-state index in [1.165, 1.54) is 33.4 Å². The van der Waals surface area contributed by atoms with Gasteiger partial charge < -0.3 is 0 Å². The van der Waals surface area contributed by atoms with Crippen LogP contribution in [0.25, 0.3) is 16.7 Å². The smallest absolute Gasteiger partial charge is 0.0146 e. The fourth-order valence-electron chi connectivity index (χ4n) is 2.80. The van der Waals surface area contributed by atoms with Crippen LogP contribution in [0.2, 0.25) is 0 Å². The number of hydrogen-bond donors (Lipinski definition) is 0. The molecule has 2 aromatic rings. The maximum absolute atomic E-state index is 3.86. The van der Waals surface area contributed by atoms with E-state index >= 15 is 0 Å². The van der Waals surface area contributed by atoms with Crippen LogP contribution in [0, 0.1) is 6.92 Å². The average Bonchev–Trinajstić information content (AvgIpc) is 2.56. The van der Waals surface area contributed by atoms with Gasteiger partial charge in [-0.1, -0.05) is 86.2 Å². The molecule has 23 heavy (non-hydrogen) atoms. The van der Waals surface area contributed by atoms with Crippen molar-refractivity contribution in [1.29, 1.82) is 0 Å². The molecular weight excluding hydrogens is 276 g/mol. The summed E-state index contributed by atoms with van der Waals surface area (Å²) in [5.74, 6) is 0. The summed E-state index contributed by atoms with van der Waals surface area (Å²) < 4.78 is 0. The van der Waals surface area contributed by atoms with E-state index in [0.717, 1.165) is 12.8 Å². The lowest BCUT2D eigenvalue weighted by atomic mass is 9.92. The molecule has 0 aromatic heterocycles. The molecule has 118 valence electrons. The summed E-state index contributed by atoms with van der Waals surface area (Å²) in [6.07, 6.45) is 10.4. The van der Waals surface area contributed by atoms with E-state index in [4.69, 9.17) is 0 Å². The Labute approximate surface area is 140 Å². The molecule has 0 saturated carbocycles. The first-order valence-electron chi connectivity index (χ1n) is 8.35. The fraction of sp³-hybridized carbons (Fsp3) is 0.217. The van der Waals surface area contributed by atoms with E-state index in [1.54, 1.807) is 0 Å². The number of aryl methyl sites for hydroxylation is 2. The van der Waals surface area contributed by atoms with Crippen LogP contribution in [0.5, 0.6) is 0 Å². The van der Waals surface area contributed by atoms with Crippen LogP contribution in [0.3, 0.4) is 0 Å². The second kappa shape index (κ2) is 8.33. The van der Waals surface area contributed by atoms with Crippen LogP contribution in [0.15, 0.2) is 73.3 Å². The third-order valence-electron chi connectivity index (χ3n) is 3.97. The molecule has 2 rings (SSSR count). The van der Waals surface area contributed by atoms with Gasteiger partial charge in [-0.2, -0.15) is 0 Å². The number of allylic oxidation sites excluding steroid dienone is 5. The molecular formula is C23H26. The van der Waals surface area contributed by atoms with Gasteiger partial charge in [0.05, 0.1) is 0 Å². The Morgan fingerprint density at radius 1 is 1.04 bits per heavy atom. The lowest BCUT2D eigenvalue weighted by Gasteiger charge is -2.13. The standard InChI is InChI=1S/C23H26/c1-5-8-20(9-6-2)23-17-22(16-15-21(23)10-7-3)19-13-11-18(4)12-14-19/h5-6,8-9,11-17H,1,7,10H2,2-4H3/b9-6-,20-8+. The maximum atomic E-state index is 3.86. The predicted octanol–water partition coefficient (Wildman–Crippen LogP) is 6.76. The van der Waals surface area contributed by atoms with Crippen molar-refractivity contribution in [2.24, 2.45) is 0 Å². The lowest BCUT2D eigenvalue weighted by Crippen LogP contribution is -1.94. The van der Waals surface area contributed by atoms with Gasteiger partial charge in [-0.05, 0) is 54.2 Å². The first-order chi connectivity index (χ1) is 11.2. The molecule has 0 unspecified atom stereocenters. The monoisotopic (exact) mass is 302 g/mol. The highest BCUT2D eigenvalue weighted by Crippen LogP contribution is 2.29. The van der Waals surface area contributed by atoms with Gasteiger partial charge in [0, 0.05) is 0 Å².